The van der Waals surface area contributed by atoms with Gasteiger partial charge in [-0.05, 0) is 42.5 Å². The van der Waals surface area contributed by atoms with E-state index in [4.69, 9.17) is 0 Å². The molecule has 0 unspecified atom stereocenters. The van der Waals surface area contributed by atoms with Crippen LogP contribution in [0.1, 0.15) is 37.8 Å². The normalized spacial score (nSPS) is 15.8. The lowest BCUT2D eigenvalue weighted by molar-refractivity contribution is 0.486. The first-order valence-electron chi connectivity index (χ1n) is 7.30. The number of hydrogen-bond acceptors (Lipinski definition) is 3. The van der Waals surface area contributed by atoms with Gasteiger partial charge in [-0.2, -0.15) is 0 Å². The van der Waals surface area contributed by atoms with Crippen molar-refractivity contribution in [2.24, 2.45) is 0 Å². The standard InChI is InChI=1S/C15H24N2O2S/c1-4-12-6-9-15(20(18,19)17(3)5-2)10-13(12)11-16-14-7-8-14/h6,9-10,14,16H,4-5,7-8,11H2,1-3H3. The van der Waals surface area contributed by atoms with Gasteiger partial charge in [-0.1, -0.05) is 19.9 Å². The van der Waals surface area contributed by atoms with Crippen LogP contribution in [-0.2, 0) is 23.0 Å². The van der Waals surface area contributed by atoms with Gasteiger partial charge in [-0.3, -0.25) is 0 Å². The molecule has 1 aliphatic carbocycles. The average Bonchev–Trinajstić information content (AvgIpc) is 3.27. The SMILES string of the molecule is CCc1ccc(S(=O)(=O)N(C)CC)cc1CNC1CC1. The molecule has 0 amide bonds. The zero-order chi connectivity index (χ0) is 14.8. The van der Waals surface area contributed by atoms with Crippen LogP contribution in [0, 0.1) is 0 Å². The van der Waals surface area contributed by atoms with Crippen molar-refractivity contribution in [1.29, 1.82) is 0 Å². The van der Waals surface area contributed by atoms with E-state index in [-0.39, 0.29) is 0 Å². The molecular formula is C15H24N2O2S. The molecule has 0 atom stereocenters. The van der Waals surface area contributed by atoms with E-state index < -0.39 is 10.0 Å². The minimum Gasteiger partial charge on any atom is -0.310 e. The van der Waals surface area contributed by atoms with E-state index in [9.17, 15) is 8.42 Å². The summed E-state index contributed by atoms with van der Waals surface area (Å²) in [5.74, 6) is 0. The highest BCUT2D eigenvalue weighted by atomic mass is 32.2. The highest BCUT2D eigenvalue weighted by molar-refractivity contribution is 7.89. The summed E-state index contributed by atoms with van der Waals surface area (Å²) in [7, 11) is -1.74. The quantitative estimate of drug-likeness (QED) is 0.838. The van der Waals surface area contributed by atoms with Crippen molar-refractivity contribution in [2.75, 3.05) is 13.6 Å². The minimum absolute atomic E-state index is 0.395. The predicted molar refractivity (Wildman–Crippen MR) is 81.2 cm³/mol. The molecule has 0 saturated heterocycles. The van der Waals surface area contributed by atoms with Gasteiger partial charge in [0, 0.05) is 26.2 Å². The molecule has 2 rings (SSSR count). The Kier molecular flexibility index (Phi) is 4.83. The van der Waals surface area contributed by atoms with Crippen LogP contribution >= 0.6 is 0 Å². The van der Waals surface area contributed by atoms with Crippen LogP contribution in [0.25, 0.3) is 0 Å². The highest BCUT2D eigenvalue weighted by Crippen LogP contribution is 2.22. The monoisotopic (exact) mass is 296 g/mol. The van der Waals surface area contributed by atoms with Gasteiger partial charge in [-0.25, -0.2) is 12.7 Å². The Labute approximate surface area is 122 Å². The second-order valence-electron chi connectivity index (χ2n) is 5.36. The molecule has 5 heteroatoms. The summed E-state index contributed by atoms with van der Waals surface area (Å²) in [6.45, 7) is 5.18. The molecular weight excluding hydrogens is 272 g/mol. The maximum atomic E-state index is 12.4. The van der Waals surface area contributed by atoms with E-state index in [1.54, 1.807) is 13.1 Å². The topological polar surface area (TPSA) is 49.4 Å². The Morgan fingerprint density at radius 1 is 1.25 bits per heavy atom. The van der Waals surface area contributed by atoms with Crippen LogP contribution < -0.4 is 5.32 Å². The molecule has 1 saturated carbocycles. The van der Waals surface area contributed by atoms with Crippen molar-refractivity contribution >= 4 is 10.0 Å². The summed E-state index contributed by atoms with van der Waals surface area (Å²) in [5.41, 5.74) is 2.32. The summed E-state index contributed by atoms with van der Waals surface area (Å²) < 4.78 is 26.1. The van der Waals surface area contributed by atoms with Gasteiger partial charge in [0.25, 0.3) is 0 Å². The van der Waals surface area contributed by atoms with Crippen LogP contribution in [-0.4, -0.2) is 32.4 Å². The van der Waals surface area contributed by atoms with Crippen molar-refractivity contribution in [3.63, 3.8) is 0 Å². The Balaban J connectivity index is 2.28. The molecule has 4 nitrogen and oxygen atoms in total. The Hall–Kier alpha value is -0.910. The van der Waals surface area contributed by atoms with Crippen LogP contribution in [0.5, 0.6) is 0 Å². The smallest absolute Gasteiger partial charge is 0.242 e. The van der Waals surface area contributed by atoms with E-state index in [2.05, 4.69) is 12.2 Å². The second kappa shape index (κ2) is 6.24. The maximum Gasteiger partial charge on any atom is 0.242 e. The van der Waals surface area contributed by atoms with Crippen LogP contribution in [0.3, 0.4) is 0 Å². The van der Waals surface area contributed by atoms with Crippen LogP contribution in [0.2, 0.25) is 0 Å². The lowest BCUT2D eigenvalue weighted by Crippen LogP contribution is -2.27. The van der Waals surface area contributed by atoms with E-state index in [0.717, 1.165) is 18.5 Å². The molecule has 0 heterocycles. The fourth-order valence-electron chi connectivity index (χ4n) is 2.16. The summed E-state index contributed by atoms with van der Waals surface area (Å²) in [6.07, 6.45) is 3.39. The summed E-state index contributed by atoms with van der Waals surface area (Å²) >= 11 is 0. The predicted octanol–water partition coefficient (Wildman–Crippen LogP) is 2.14. The largest absolute Gasteiger partial charge is 0.310 e. The van der Waals surface area contributed by atoms with Crippen LogP contribution in [0.4, 0.5) is 0 Å². The first-order chi connectivity index (χ1) is 9.48. The maximum absolute atomic E-state index is 12.4. The third-order valence-corrected chi connectivity index (χ3v) is 5.80. The van der Waals surface area contributed by atoms with Gasteiger partial charge in [-0.15, -0.1) is 0 Å². The molecule has 0 spiro atoms. The average molecular weight is 296 g/mol. The van der Waals surface area contributed by atoms with E-state index in [1.807, 2.05) is 19.1 Å². The molecule has 1 fully saturated rings. The number of aryl methyl sites for hydroxylation is 1. The summed E-state index contributed by atoms with van der Waals surface area (Å²) in [4.78, 5) is 0.395. The van der Waals surface area contributed by atoms with Crippen LogP contribution in [0.15, 0.2) is 23.1 Å². The summed E-state index contributed by atoms with van der Waals surface area (Å²) in [6, 6.07) is 6.12. The van der Waals surface area contributed by atoms with E-state index in [0.29, 0.717) is 17.5 Å². The number of nitrogens with zero attached hydrogens (tertiary/aromatic N) is 1. The van der Waals surface area contributed by atoms with Gasteiger partial charge >= 0.3 is 0 Å². The number of benzene rings is 1. The van der Waals surface area contributed by atoms with Crippen molar-refractivity contribution in [3.8, 4) is 0 Å². The third-order valence-electron chi connectivity index (χ3n) is 3.87. The minimum atomic E-state index is -3.35. The van der Waals surface area contributed by atoms with Gasteiger partial charge in [0.05, 0.1) is 4.90 Å². The zero-order valence-electron chi connectivity index (χ0n) is 12.5. The Morgan fingerprint density at radius 2 is 1.95 bits per heavy atom. The van der Waals surface area contributed by atoms with Gasteiger partial charge in [0.15, 0.2) is 0 Å². The molecule has 0 aromatic heterocycles. The molecule has 1 aromatic rings. The third kappa shape index (κ3) is 3.40. The molecule has 0 aliphatic heterocycles. The molecule has 20 heavy (non-hydrogen) atoms. The Bertz CT molecular complexity index is 565. The van der Waals surface area contributed by atoms with Gasteiger partial charge in [0.2, 0.25) is 10.0 Å². The zero-order valence-corrected chi connectivity index (χ0v) is 13.3. The fourth-order valence-corrected chi connectivity index (χ4v) is 3.39. The van der Waals surface area contributed by atoms with Crippen molar-refractivity contribution in [3.05, 3.63) is 29.3 Å². The molecule has 1 aromatic carbocycles. The number of rotatable bonds is 7. The first kappa shape index (κ1) is 15.5. The van der Waals surface area contributed by atoms with Gasteiger partial charge < -0.3 is 5.32 Å². The molecule has 0 bridgehead atoms. The van der Waals surface area contributed by atoms with E-state index in [1.165, 1.54) is 22.7 Å². The molecule has 1 aliphatic rings. The second-order valence-corrected chi connectivity index (χ2v) is 7.40. The van der Waals surface area contributed by atoms with Crippen molar-refractivity contribution in [1.82, 2.24) is 9.62 Å². The van der Waals surface area contributed by atoms with E-state index >= 15 is 0 Å². The molecule has 112 valence electrons. The number of nitrogens with one attached hydrogen (secondary N) is 1. The lowest BCUT2D eigenvalue weighted by atomic mass is 10.1. The van der Waals surface area contributed by atoms with Crippen molar-refractivity contribution in [2.45, 2.75) is 50.6 Å². The highest BCUT2D eigenvalue weighted by Gasteiger charge is 2.22. The molecule has 0 radical (unpaired) electrons. The fraction of sp³-hybridized carbons (Fsp3) is 0.600. The van der Waals surface area contributed by atoms with Gasteiger partial charge in [0.1, 0.15) is 0 Å². The summed E-state index contributed by atoms with van der Waals surface area (Å²) in [5, 5.41) is 3.46. The lowest BCUT2D eigenvalue weighted by Gasteiger charge is -2.17. The molecule has 1 N–H and O–H groups in total. The number of hydrogen-bond donors (Lipinski definition) is 1. The Morgan fingerprint density at radius 3 is 2.50 bits per heavy atom. The first-order valence-corrected chi connectivity index (χ1v) is 8.74. The number of sulfonamides is 1. The van der Waals surface area contributed by atoms with Crippen molar-refractivity contribution < 1.29 is 8.42 Å².